The van der Waals surface area contributed by atoms with Crippen LogP contribution < -0.4 is 4.74 Å². The molecule has 0 radical (unpaired) electrons. The minimum Gasteiger partial charge on any atom is -0.486 e. The van der Waals surface area contributed by atoms with Crippen molar-refractivity contribution in [2.75, 3.05) is 7.11 Å². The molecule has 0 unspecified atom stereocenters. The van der Waals surface area contributed by atoms with Gasteiger partial charge >= 0.3 is 5.97 Å². The van der Waals surface area contributed by atoms with Gasteiger partial charge in [-0.1, -0.05) is 36.4 Å². The molecule has 0 aliphatic carbocycles. The van der Waals surface area contributed by atoms with Crippen LogP contribution in [0.1, 0.15) is 24.4 Å². The van der Waals surface area contributed by atoms with Crippen molar-refractivity contribution >= 4 is 16.9 Å². The Kier molecular flexibility index (Phi) is 4.06. The predicted molar refractivity (Wildman–Crippen MR) is 88.8 cm³/mol. The highest BCUT2D eigenvalue weighted by Crippen LogP contribution is 2.37. The standard InChI is InChI=1S/C19H18O4/c1-12(2)22-17-15-11-14(13-7-5-4-6-8-13)9-10-16(15)23-18(17)19(20)21-3/h4-12H,1-3H3. The molecule has 0 aliphatic rings. The van der Waals surface area contributed by atoms with E-state index in [9.17, 15) is 4.79 Å². The van der Waals surface area contributed by atoms with E-state index in [1.54, 1.807) is 0 Å². The van der Waals surface area contributed by atoms with Gasteiger partial charge in [0.25, 0.3) is 5.76 Å². The minimum atomic E-state index is -0.543. The number of methoxy groups -OCH3 is 1. The van der Waals surface area contributed by atoms with E-state index in [4.69, 9.17) is 13.9 Å². The molecule has 1 heterocycles. The zero-order valence-electron chi connectivity index (χ0n) is 13.3. The van der Waals surface area contributed by atoms with Crippen LogP contribution in [-0.4, -0.2) is 19.2 Å². The van der Waals surface area contributed by atoms with Crippen LogP contribution in [0.2, 0.25) is 0 Å². The summed E-state index contributed by atoms with van der Waals surface area (Å²) in [6, 6.07) is 15.8. The van der Waals surface area contributed by atoms with E-state index in [1.807, 2.05) is 62.4 Å². The van der Waals surface area contributed by atoms with E-state index in [-0.39, 0.29) is 11.9 Å². The van der Waals surface area contributed by atoms with Gasteiger partial charge in [0.1, 0.15) is 5.58 Å². The van der Waals surface area contributed by atoms with Gasteiger partial charge in [0.05, 0.1) is 18.6 Å². The largest absolute Gasteiger partial charge is 0.486 e. The average molecular weight is 310 g/mol. The van der Waals surface area contributed by atoms with Crippen LogP contribution in [0.15, 0.2) is 52.9 Å². The van der Waals surface area contributed by atoms with Crippen LogP contribution in [-0.2, 0) is 4.74 Å². The lowest BCUT2D eigenvalue weighted by atomic mass is 10.0. The molecule has 1 aromatic heterocycles. The zero-order chi connectivity index (χ0) is 16.4. The van der Waals surface area contributed by atoms with E-state index in [1.165, 1.54) is 7.11 Å². The topological polar surface area (TPSA) is 48.7 Å². The molecule has 4 nitrogen and oxygen atoms in total. The number of hydrogen-bond acceptors (Lipinski definition) is 4. The molecule has 3 aromatic rings. The molecule has 0 N–H and O–H groups in total. The van der Waals surface area contributed by atoms with Gasteiger partial charge in [-0.2, -0.15) is 0 Å². The second-order valence-electron chi connectivity index (χ2n) is 5.50. The second kappa shape index (κ2) is 6.16. The zero-order valence-corrected chi connectivity index (χ0v) is 13.3. The van der Waals surface area contributed by atoms with E-state index < -0.39 is 5.97 Å². The third-order valence-electron chi connectivity index (χ3n) is 3.47. The predicted octanol–water partition coefficient (Wildman–Crippen LogP) is 4.67. The number of fused-ring (bicyclic) bond motifs is 1. The number of ether oxygens (including phenoxy) is 2. The Hall–Kier alpha value is -2.75. The van der Waals surface area contributed by atoms with Gasteiger partial charge in [-0.3, -0.25) is 0 Å². The normalized spacial score (nSPS) is 11.0. The molecule has 0 atom stereocenters. The van der Waals surface area contributed by atoms with Crippen LogP contribution >= 0.6 is 0 Å². The molecule has 0 spiro atoms. The summed E-state index contributed by atoms with van der Waals surface area (Å²) in [7, 11) is 1.32. The van der Waals surface area contributed by atoms with E-state index in [2.05, 4.69) is 0 Å². The summed E-state index contributed by atoms with van der Waals surface area (Å²) in [6.07, 6.45) is -0.0837. The Morgan fingerprint density at radius 3 is 2.43 bits per heavy atom. The molecule has 3 rings (SSSR count). The third kappa shape index (κ3) is 2.93. The maximum Gasteiger partial charge on any atom is 0.377 e. The number of furan rings is 1. The van der Waals surface area contributed by atoms with Crippen molar-refractivity contribution in [3.63, 3.8) is 0 Å². The van der Waals surface area contributed by atoms with Gasteiger partial charge in [0.15, 0.2) is 5.75 Å². The third-order valence-corrected chi connectivity index (χ3v) is 3.47. The fraction of sp³-hybridized carbons (Fsp3) is 0.211. The van der Waals surface area contributed by atoms with Crippen molar-refractivity contribution in [2.45, 2.75) is 20.0 Å². The highest BCUT2D eigenvalue weighted by atomic mass is 16.5. The minimum absolute atomic E-state index is 0.0837. The van der Waals surface area contributed by atoms with Crippen LogP contribution in [0.5, 0.6) is 5.75 Å². The molecule has 118 valence electrons. The first kappa shape index (κ1) is 15.2. The fourth-order valence-corrected chi connectivity index (χ4v) is 2.46. The van der Waals surface area contributed by atoms with Crippen molar-refractivity contribution in [1.29, 1.82) is 0 Å². The first-order valence-corrected chi connectivity index (χ1v) is 7.47. The van der Waals surface area contributed by atoms with E-state index in [0.717, 1.165) is 16.5 Å². The summed E-state index contributed by atoms with van der Waals surface area (Å²) in [5.41, 5.74) is 2.72. The van der Waals surface area contributed by atoms with Gasteiger partial charge in [0, 0.05) is 0 Å². The first-order valence-electron chi connectivity index (χ1n) is 7.47. The maximum absolute atomic E-state index is 11.9. The van der Waals surface area contributed by atoms with Gasteiger partial charge in [-0.15, -0.1) is 0 Å². The summed E-state index contributed by atoms with van der Waals surface area (Å²) >= 11 is 0. The molecule has 0 fully saturated rings. The fourth-order valence-electron chi connectivity index (χ4n) is 2.46. The van der Waals surface area contributed by atoms with Crippen LogP contribution in [0.4, 0.5) is 0 Å². The summed E-state index contributed by atoms with van der Waals surface area (Å²) < 4.78 is 16.3. The Balaban J connectivity index is 2.18. The molecule has 0 amide bonds. The number of benzene rings is 2. The quantitative estimate of drug-likeness (QED) is 0.657. The summed E-state index contributed by atoms with van der Waals surface area (Å²) in [4.78, 5) is 11.9. The Bertz CT molecular complexity index is 831. The molecule has 4 heteroatoms. The first-order chi connectivity index (χ1) is 11.1. The van der Waals surface area contributed by atoms with Gasteiger partial charge in [-0.25, -0.2) is 4.79 Å². The second-order valence-corrected chi connectivity index (χ2v) is 5.50. The monoisotopic (exact) mass is 310 g/mol. The van der Waals surface area contributed by atoms with Crippen LogP contribution in [0, 0.1) is 0 Å². The SMILES string of the molecule is COC(=O)c1oc2ccc(-c3ccccc3)cc2c1OC(C)C. The van der Waals surface area contributed by atoms with Gasteiger partial charge in [-0.05, 0) is 37.1 Å². The van der Waals surface area contributed by atoms with Gasteiger partial charge < -0.3 is 13.9 Å². The van der Waals surface area contributed by atoms with Crippen molar-refractivity contribution in [3.05, 3.63) is 54.3 Å². The van der Waals surface area contributed by atoms with Crippen LogP contribution in [0.25, 0.3) is 22.1 Å². The summed E-state index contributed by atoms with van der Waals surface area (Å²) in [5, 5.41) is 0.764. The summed E-state index contributed by atoms with van der Waals surface area (Å²) in [5.74, 6) is -0.0147. The highest BCUT2D eigenvalue weighted by Gasteiger charge is 2.24. The van der Waals surface area contributed by atoms with Gasteiger partial charge in [0.2, 0.25) is 0 Å². The average Bonchev–Trinajstić information content (AvgIpc) is 2.92. The lowest BCUT2D eigenvalue weighted by Gasteiger charge is -2.09. The molecule has 0 aliphatic heterocycles. The number of carbonyl (C=O) groups excluding carboxylic acids is 1. The van der Waals surface area contributed by atoms with Crippen molar-refractivity contribution in [3.8, 4) is 16.9 Å². The van der Waals surface area contributed by atoms with Crippen molar-refractivity contribution in [2.24, 2.45) is 0 Å². The highest BCUT2D eigenvalue weighted by molar-refractivity contribution is 6.00. The number of esters is 1. The Labute approximate surface area is 134 Å². The molecular formula is C19H18O4. The number of carbonyl (C=O) groups is 1. The molecule has 0 saturated carbocycles. The lowest BCUT2D eigenvalue weighted by molar-refractivity contribution is 0.0559. The molecule has 0 saturated heterocycles. The molecule has 0 bridgehead atoms. The van der Waals surface area contributed by atoms with E-state index >= 15 is 0 Å². The number of rotatable bonds is 4. The van der Waals surface area contributed by atoms with Crippen molar-refractivity contribution < 1.29 is 18.7 Å². The lowest BCUT2D eigenvalue weighted by Crippen LogP contribution is -2.09. The smallest absolute Gasteiger partial charge is 0.377 e. The Morgan fingerprint density at radius 2 is 1.78 bits per heavy atom. The summed E-state index contributed by atoms with van der Waals surface area (Å²) in [6.45, 7) is 3.81. The molecular weight excluding hydrogens is 292 g/mol. The Morgan fingerprint density at radius 1 is 1.04 bits per heavy atom. The molecule has 23 heavy (non-hydrogen) atoms. The maximum atomic E-state index is 11.9. The van der Waals surface area contributed by atoms with E-state index in [0.29, 0.717) is 11.3 Å². The molecule has 2 aromatic carbocycles. The van der Waals surface area contributed by atoms with Crippen molar-refractivity contribution in [1.82, 2.24) is 0 Å². The van der Waals surface area contributed by atoms with Crippen LogP contribution in [0.3, 0.4) is 0 Å². The number of hydrogen-bond donors (Lipinski definition) is 0.